The molecule has 0 spiro atoms. The molecule has 6 nitrogen and oxygen atoms in total. The summed E-state index contributed by atoms with van der Waals surface area (Å²) in [5.74, 6) is -1.64. The summed E-state index contributed by atoms with van der Waals surface area (Å²) in [6.07, 6.45) is 1.60. The number of rotatable bonds is 5. The number of ether oxygens (including phenoxy) is 1. The van der Waals surface area contributed by atoms with Gasteiger partial charge in [-0.05, 0) is 36.6 Å². The second kappa shape index (κ2) is 9.20. The molecule has 9 heteroatoms. The summed E-state index contributed by atoms with van der Waals surface area (Å²) >= 11 is 0. The van der Waals surface area contributed by atoms with Crippen LogP contribution in [0, 0.1) is 0 Å². The van der Waals surface area contributed by atoms with Gasteiger partial charge in [0.15, 0.2) is 6.61 Å². The zero-order valence-electron chi connectivity index (χ0n) is 14.3. The summed E-state index contributed by atoms with van der Waals surface area (Å²) < 4.78 is 42.0. The monoisotopic (exact) mass is 384 g/mol. The zero-order valence-corrected chi connectivity index (χ0v) is 14.3. The number of imide groups is 1. The van der Waals surface area contributed by atoms with Gasteiger partial charge in [-0.3, -0.25) is 10.1 Å². The number of nitrogens with one attached hydrogen (secondary N) is 2. The van der Waals surface area contributed by atoms with Crippen LogP contribution in [0.15, 0.2) is 30.3 Å². The van der Waals surface area contributed by atoms with Gasteiger partial charge in [0.05, 0.1) is 5.56 Å². The molecule has 0 atom stereocenters. The Morgan fingerprint density at radius 2 is 1.74 bits per heavy atom. The number of carbonyl (C=O) groups is 3. The Balaban J connectivity index is 1.72. The van der Waals surface area contributed by atoms with Crippen molar-refractivity contribution >= 4 is 24.0 Å². The largest absolute Gasteiger partial charge is 0.452 e. The lowest BCUT2D eigenvalue weighted by molar-refractivity contribution is -0.143. The SMILES string of the molecule is O=C(COC(=O)/C=C/c1ccc(C(F)(F)F)cc1)NC(=O)NC1CCCC1. The highest BCUT2D eigenvalue weighted by molar-refractivity contribution is 5.96. The molecule has 1 fully saturated rings. The van der Waals surface area contributed by atoms with Gasteiger partial charge in [-0.25, -0.2) is 9.59 Å². The van der Waals surface area contributed by atoms with Crippen molar-refractivity contribution in [2.75, 3.05) is 6.61 Å². The molecule has 1 aliphatic rings. The van der Waals surface area contributed by atoms with E-state index in [1.165, 1.54) is 18.2 Å². The van der Waals surface area contributed by atoms with Crippen LogP contribution in [0.3, 0.4) is 0 Å². The van der Waals surface area contributed by atoms with Crippen molar-refractivity contribution < 1.29 is 32.3 Å². The molecule has 0 aromatic heterocycles. The maximum atomic E-state index is 12.5. The summed E-state index contributed by atoms with van der Waals surface area (Å²) in [6, 6.07) is 3.59. The minimum Gasteiger partial charge on any atom is -0.452 e. The number of benzene rings is 1. The number of hydrogen-bond acceptors (Lipinski definition) is 4. The number of amides is 3. The van der Waals surface area contributed by atoms with Gasteiger partial charge in [0.2, 0.25) is 0 Å². The first kappa shape index (κ1) is 20.5. The third-order valence-corrected chi connectivity index (χ3v) is 3.94. The van der Waals surface area contributed by atoms with E-state index in [-0.39, 0.29) is 6.04 Å². The van der Waals surface area contributed by atoms with Crippen molar-refractivity contribution in [3.05, 3.63) is 41.5 Å². The number of hydrogen-bond donors (Lipinski definition) is 2. The smallest absolute Gasteiger partial charge is 0.416 e. The normalized spacial score (nSPS) is 14.9. The standard InChI is InChI=1S/C18H19F3N2O4/c19-18(20,21)13-8-5-12(6-9-13)7-10-16(25)27-11-15(24)23-17(26)22-14-3-1-2-4-14/h5-10,14H,1-4,11H2,(H2,22,23,24,26)/b10-7+. The first-order valence-electron chi connectivity index (χ1n) is 8.36. The van der Waals surface area contributed by atoms with Crippen LogP contribution in [-0.4, -0.2) is 30.6 Å². The molecule has 0 aliphatic heterocycles. The molecule has 146 valence electrons. The highest BCUT2D eigenvalue weighted by atomic mass is 19.4. The molecule has 1 saturated carbocycles. The average molecular weight is 384 g/mol. The molecule has 1 aliphatic carbocycles. The van der Waals surface area contributed by atoms with Gasteiger partial charge in [0.1, 0.15) is 0 Å². The molecule has 0 radical (unpaired) electrons. The third kappa shape index (κ3) is 7.12. The highest BCUT2D eigenvalue weighted by Crippen LogP contribution is 2.29. The quantitative estimate of drug-likeness (QED) is 0.604. The van der Waals surface area contributed by atoms with Crippen LogP contribution in [0.1, 0.15) is 36.8 Å². The highest BCUT2D eigenvalue weighted by Gasteiger charge is 2.29. The maximum Gasteiger partial charge on any atom is 0.416 e. The zero-order chi connectivity index (χ0) is 19.9. The van der Waals surface area contributed by atoms with Crippen molar-refractivity contribution in [3.8, 4) is 0 Å². The summed E-state index contributed by atoms with van der Waals surface area (Å²) in [5, 5.41) is 4.71. The predicted molar refractivity (Wildman–Crippen MR) is 90.4 cm³/mol. The lowest BCUT2D eigenvalue weighted by atomic mass is 10.1. The molecule has 27 heavy (non-hydrogen) atoms. The Hall–Kier alpha value is -2.84. The lowest BCUT2D eigenvalue weighted by Gasteiger charge is -2.12. The van der Waals surface area contributed by atoms with Crippen molar-refractivity contribution in [3.63, 3.8) is 0 Å². The molecule has 1 aromatic carbocycles. The van der Waals surface area contributed by atoms with Gasteiger partial charge in [0, 0.05) is 12.1 Å². The van der Waals surface area contributed by atoms with E-state index in [0.29, 0.717) is 5.56 Å². The fourth-order valence-electron chi connectivity index (χ4n) is 2.59. The average Bonchev–Trinajstić information content (AvgIpc) is 3.10. The van der Waals surface area contributed by atoms with Gasteiger partial charge in [-0.15, -0.1) is 0 Å². The molecule has 3 amide bonds. The Morgan fingerprint density at radius 3 is 2.33 bits per heavy atom. The molecule has 2 rings (SSSR count). The minimum absolute atomic E-state index is 0.0482. The van der Waals surface area contributed by atoms with Crippen LogP contribution in [-0.2, 0) is 20.5 Å². The van der Waals surface area contributed by atoms with Crippen LogP contribution in [0.4, 0.5) is 18.0 Å². The first-order valence-corrected chi connectivity index (χ1v) is 8.36. The number of halogens is 3. The Kier molecular flexibility index (Phi) is 6.98. The van der Waals surface area contributed by atoms with Crippen LogP contribution in [0.2, 0.25) is 0 Å². The van der Waals surface area contributed by atoms with E-state index in [1.54, 1.807) is 0 Å². The van der Waals surface area contributed by atoms with Gasteiger partial charge < -0.3 is 10.1 Å². The van der Waals surface area contributed by atoms with Crippen LogP contribution >= 0.6 is 0 Å². The van der Waals surface area contributed by atoms with E-state index in [0.717, 1.165) is 43.9 Å². The summed E-state index contributed by atoms with van der Waals surface area (Å²) in [6.45, 7) is -0.645. The van der Waals surface area contributed by atoms with E-state index in [4.69, 9.17) is 0 Å². The minimum atomic E-state index is -4.43. The molecule has 1 aromatic rings. The molecule has 0 bridgehead atoms. The molecular weight excluding hydrogens is 365 g/mol. The third-order valence-electron chi connectivity index (χ3n) is 3.94. The van der Waals surface area contributed by atoms with Crippen LogP contribution in [0.5, 0.6) is 0 Å². The molecule has 0 unspecified atom stereocenters. The molecule has 0 saturated heterocycles. The van der Waals surface area contributed by atoms with Gasteiger partial charge in [-0.1, -0.05) is 25.0 Å². The van der Waals surface area contributed by atoms with E-state index < -0.39 is 36.3 Å². The number of urea groups is 1. The first-order chi connectivity index (χ1) is 12.7. The molecular formula is C18H19F3N2O4. The van der Waals surface area contributed by atoms with Crippen molar-refractivity contribution in [1.82, 2.24) is 10.6 Å². The fraction of sp³-hybridized carbons (Fsp3) is 0.389. The number of esters is 1. The van der Waals surface area contributed by atoms with Gasteiger partial charge >= 0.3 is 18.2 Å². The number of carbonyl (C=O) groups excluding carboxylic acids is 3. The molecule has 2 N–H and O–H groups in total. The van der Waals surface area contributed by atoms with Crippen molar-refractivity contribution in [2.45, 2.75) is 37.9 Å². The second-order valence-electron chi connectivity index (χ2n) is 6.06. The Morgan fingerprint density at radius 1 is 1.11 bits per heavy atom. The Bertz CT molecular complexity index is 708. The Labute approximate surface area is 153 Å². The van der Waals surface area contributed by atoms with Crippen molar-refractivity contribution in [2.24, 2.45) is 0 Å². The second-order valence-corrected chi connectivity index (χ2v) is 6.06. The van der Waals surface area contributed by atoms with E-state index in [1.807, 2.05) is 0 Å². The molecule has 0 heterocycles. The van der Waals surface area contributed by atoms with E-state index in [9.17, 15) is 27.6 Å². The van der Waals surface area contributed by atoms with Crippen LogP contribution in [0.25, 0.3) is 6.08 Å². The van der Waals surface area contributed by atoms with Crippen LogP contribution < -0.4 is 10.6 Å². The topological polar surface area (TPSA) is 84.5 Å². The fourth-order valence-corrected chi connectivity index (χ4v) is 2.59. The summed E-state index contributed by atoms with van der Waals surface area (Å²) in [4.78, 5) is 34.7. The van der Waals surface area contributed by atoms with Gasteiger partial charge in [0.25, 0.3) is 5.91 Å². The lowest BCUT2D eigenvalue weighted by Crippen LogP contribution is -2.44. The van der Waals surface area contributed by atoms with Gasteiger partial charge in [-0.2, -0.15) is 13.2 Å². The van der Waals surface area contributed by atoms with E-state index >= 15 is 0 Å². The van der Waals surface area contributed by atoms with E-state index in [2.05, 4.69) is 15.4 Å². The van der Waals surface area contributed by atoms with Crippen molar-refractivity contribution in [1.29, 1.82) is 0 Å². The maximum absolute atomic E-state index is 12.5. The predicted octanol–water partition coefficient (Wildman–Crippen LogP) is 3.03. The number of alkyl halides is 3. The summed E-state index contributed by atoms with van der Waals surface area (Å²) in [7, 11) is 0. The summed E-state index contributed by atoms with van der Waals surface area (Å²) in [5.41, 5.74) is -0.435.